The molecule has 2 unspecified atom stereocenters. The second kappa shape index (κ2) is 12.8. The van der Waals surface area contributed by atoms with Gasteiger partial charge in [-0.15, -0.1) is 12.4 Å². The Balaban J connectivity index is 0.00000324. The maximum atomic E-state index is 12.0. The molecule has 34 heavy (non-hydrogen) atoms. The number of unbranched alkanes of at least 4 members (excludes halogenated alkanes) is 1. The van der Waals surface area contributed by atoms with Crippen LogP contribution in [0.15, 0.2) is 42.5 Å². The van der Waals surface area contributed by atoms with Crippen LogP contribution in [0.2, 0.25) is 5.02 Å². The van der Waals surface area contributed by atoms with Gasteiger partial charge in [-0.1, -0.05) is 48.9 Å². The molecule has 188 valence electrons. The number of hydrogen-bond acceptors (Lipinski definition) is 3. The number of nitrogens with zero attached hydrogens (tertiary/aromatic N) is 1. The minimum Gasteiger partial charge on any atom is -0.300 e. The van der Waals surface area contributed by atoms with Crippen molar-refractivity contribution in [2.75, 3.05) is 24.6 Å². The third kappa shape index (κ3) is 7.22. The van der Waals surface area contributed by atoms with Gasteiger partial charge in [0, 0.05) is 22.7 Å². The number of benzene rings is 2. The summed E-state index contributed by atoms with van der Waals surface area (Å²) < 4.78 is 24.0. The largest absolute Gasteiger partial charge is 0.300 e. The Morgan fingerprint density at radius 3 is 2.53 bits per heavy atom. The normalized spacial score (nSPS) is 20.6. The summed E-state index contributed by atoms with van der Waals surface area (Å²) in [5.41, 5.74) is 5.66. The van der Waals surface area contributed by atoms with E-state index in [0.29, 0.717) is 29.9 Å². The fourth-order valence-corrected chi connectivity index (χ4v) is 7.51. The number of hydrogen-bond donors (Lipinski definition) is 0. The van der Waals surface area contributed by atoms with E-state index in [2.05, 4.69) is 41.3 Å². The van der Waals surface area contributed by atoms with E-state index in [0.717, 1.165) is 37.1 Å². The summed E-state index contributed by atoms with van der Waals surface area (Å²) in [7, 11) is -2.88. The molecule has 1 fully saturated rings. The number of fused-ring (bicyclic) bond motifs is 1. The van der Waals surface area contributed by atoms with Crippen LogP contribution in [0, 0.1) is 0 Å². The predicted octanol–water partition coefficient (Wildman–Crippen LogP) is 6.65. The maximum absolute atomic E-state index is 12.0. The van der Waals surface area contributed by atoms with Crippen LogP contribution in [-0.2, 0) is 29.1 Å². The molecule has 3 nitrogen and oxygen atoms in total. The lowest BCUT2D eigenvalue weighted by molar-refractivity contribution is 0.188. The van der Waals surface area contributed by atoms with Crippen LogP contribution >= 0.6 is 24.0 Å². The third-order valence-corrected chi connectivity index (χ3v) is 9.60. The Morgan fingerprint density at radius 2 is 1.79 bits per heavy atom. The minimum atomic E-state index is -2.88. The molecule has 1 heterocycles. The van der Waals surface area contributed by atoms with Crippen molar-refractivity contribution in [3.63, 3.8) is 0 Å². The molecule has 0 bridgehead atoms. The average Bonchev–Trinajstić information content (AvgIpc) is 3.32. The van der Waals surface area contributed by atoms with Crippen molar-refractivity contribution in [2.45, 2.75) is 76.7 Å². The van der Waals surface area contributed by atoms with Crippen molar-refractivity contribution < 1.29 is 8.42 Å². The predicted molar refractivity (Wildman–Crippen MR) is 146 cm³/mol. The molecule has 2 atom stereocenters. The van der Waals surface area contributed by atoms with Crippen molar-refractivity contribution in [1.29, 1.82) is 0 Å². The average molecular weight is 525 g/mol. The molecule has 4 rings (SSSR count). The van der Waals surface area contributed by atoms with Gasteiger partial charge in [0.2, 0.25) is 0 Å². The molecular weight excluding hydrogens is 485 g/mol. The van der Waals surface area contributed by atoms with Crippen LogP contribution < -0.4 is 0 Å². The Kier molecular flexibility index (Phi) is 10.3. The standard InChI is InChI=1S/C28H38ClNO2S.ClH/c1-2-17-33(31,32)18-6-3-8-22-11-12-24-13-14-28(30-15-4-5-16-30)27(26(24)20-22)21-23-9-7-10-25(29)19-23;/h7,9-12,19-20,27-28H,2-6,8,13-18,21H2,1H3;1H. The van der Waals surface area contributed by atoms with Gasteiger partial charge in [0.1, 0.15) is 9.84 Å². The highest BCUT2D eigenvalue weighted by molar-refractivity contribution is 7.91. The van der Waals surface area contributed by atoms with Crippen LogP contribution in [0.3, 0.4) is 0 Å². The number of likely N-dealkylation sites (tertiary alicyclic amines) is 1. The number of aryl methyl sites for hydroxylation is 2. The highest BCUT2D eigenvalue weighted by Crippen LogP contribution is 2.39. The van der Waals surface area contributed by atoms with Gasteiger partial charge in [0.25, 0.3) is 0 Å². The first-order chi connectivity index (χ1) is 15.9. The first-order valence-electron chi connectivity index (χ1n) is 12.8. The number of sulfone groups is 1. The highest BCUT2D eigenvalue weighted by Gasteiger charge is 2.34. The van der Waals surface area contributed by atoms with Crippen LogP contribution in [-0.4, -0.2) is 44.0 Å². The topological polar surface area (TPSA) is 37.4 Å². The lowest BCUT2D eigenvalue weighted by Gasteiger charge is -2.40. The molecule has 2 aromatic rings. The van der Waals surface area contributed by atoms with E-state index in [-0.39, 0.29) is 12.4 Å². The summed E-state index contributed by atoms with van der Waals surface area (Å²) in [6.07, 6.45) is 9.37. The first kappa shape index (κ1) is 27.5. The lowest BCUT2D eigenvalue weighted by atomic mass is 9.75. The molecule has 1 aliphatic heterocycles. The molecule has 0 amide bonds. The summed E-state index contributed by atoms with van der Waals surface area (Å²) in [5, 5.41) is 0.813. The quantitative estimate of drug-likeness (QED) is 0.327. The summed E-state index contributed by atoms with van der Waals surface area (Å²) in [5.74, 6) is 1.12. The van der Waals surface area contributed by atoms with E-state index in [1.807, 2.05) is 13.0 Å². The first-order valence-corrected chi connectivity index (χ1v) is 15.0. The van der Waals surface area contributed by atoms with E-state index >= 15 is 0 Å². The van der Waals surface area contributed by atoms with Gasteiger partial charge in [-0.2, -0.15) is 0 Å². The van der Waals surface area contributed by atoms with Gasteiger partial charge in [0.05, 0.1) is 5.75 Å². The Morgan fingerprint density at radius 1 is 1.00 bits per heavy atom. The molecule has 2 aliphatic rings. The molecule has 2 aromatic carbocycles. The lowest BCUT2D eigenvalue weighted by Crippen LogP contribution is -2.41. The molecule has 1 saturated heterocycles. The van der Waals surface area contributed by atoms with E-state index in [1.165, 1.54) is 54.6 Å². The van der Waals surface area contributed by atoms with E-state index in [4.69, 9.17) is 11.6 Å². The van der Waals surface area contributed by atoms with E-state index in [1.54, 1.807) is 0 Å². The molecule has 0 radical (unpaired) electrons. The summed E-state index contributed by atoms with van der Waals surface area (Å²) in [4.78, 5) is 2.73. The molecule has 0 saturated carbocycles. The fourth-order valence-electron chi connectivity index (χ4n) is 5.82. The van der Waals surface area contributed by atoms with Gasteiger partial charge >= 0.3 is 0 Å². The van der Waals surface area contributed by atoms with E-state index < -0.39 is 9.84 Å². The van der Waals surface area contributed by atoms with E-state index in [9.17, 15) is 8.42 Å². The molecule has 1 aliphatic carbocycles. The molecule has 6 heteroatoms. The van der Waals surface area contributed by atoms with Crippen molar-refractivity contribution in [1.82, 2.24) is 4.90 Å². The van der Waals surface area contributed by atoms with Crippen LogP contribution in [0.4, 0.5) is 0 Å². The van der Waals surface area contributed by atoms with Gasteiger partial charge in [-0.25, -0.2) is 8.42 Å². The smallest absolute Gasteiger partial charge is 0.150 e. The monoisotopic (exact) mass is 523 g/mol. The third-order valence-electron chi connectivity index (χ3n) is 7.42. The zero-order valence-electron chi connectivity index (χ0n) is 20.3. The summed E-state index contributed by atoms with van der Waals surface area (Å²) in [6.45, 7) is 4.37. The zero-order chi connectivity index (χ0) is 23.3. The Labute approximate surface area is 217 Å². The number of rotatable bonds is 10. The van der Waals surface area contributed by atoms with Gasteiger partial charge < -0.3 is 0 Å². The zero-order valence-corrected chi connectivity index (χ0v) is 22.7. The SMILES string of the molecule is CCCS(=O)(=O)CCCCc1ccc2c(c1)C(Cc1cccc(Cl)c1)C(N1CCCC1)CC2.Cl. The van der Waals surface area contributed by atoms with Crippen LogP contribution in [0.1, 0.15) is 73.6 Å². The minimum absolute atomic E-state index is 0. The van der Waals surface area contributed by atoms with Gasteiger partial charge in [-0.3, -0.25) is 4.90 Å². The molecule has 0 spiro atoms. The van der Waals surface area contributed by atoms with Gasteiger partial charge in [-0.05, 0) is 105 Å². The Hall–Kier alpha value is -1.07. The number of halogens is 2. The molecule has 0 aromatic heterocycles. The van der Waals surface area contributed by atoms with Crippen molar-refractivity contribution in [2.24, 2.45) is 0 Å². The van der Waals surface area contributed by atoms with Gasteiger partial charge in [0.15, 0.2) is 0 Å². The maximum Gasteiger partial charge on any atom is 0.150 e. The van der Waals surface area contributed by atoms with Crippen molar-refractivity contribution in [3.05, 3.63) is 69.7 Å². The summed E-state index contributed by atoms with van der Waals surface area (Å²) >= 11 is 6.32. The van der Waals surface area contributed by atoms with Crippen LogP contribution in [0.25, 0.3) is 0 Å². The second-order valence-electron chi connectivity index (χ2n) is 9.93. The second-order valence-corrected chi connectivity index (χ2v) is 12.7. The highest BCUT2D eigenvalue weighted by atomic mass is 35.5. The molecule has 0 N–H and O–H groups in total. The Bertz CT molecular complexity index is 1030. The summed E-state index contributed by atoms with van der Waals surface area (Å²) in [6, 6.07) is 16.0. The van der Waals surface area contributed by atoms with Crippen molar-refractivity contribution in [3.8, 4) is 0 Å². The molecular formula is C28H39Cl2NO2S. The van der Waals surface area contributed by atoms with Crippen molar-refractivity contribution >= 4 is 33.8 Å². The fraction of sp³-hybridized carbons (Fsp3) is 0.571. The van der Waals surface area contributed by atoms with Crippen LogP contribution in [0.5, 0.6) is 0 Å².